The highest BCUT2D eigenvalue weighted by molar-refractivity contribution is 6.01. The molecule has 1 heterocycles. The van der Waals surface area contributed by atoms with Gasteiger partial charge >= 0.3 is 0 Å². The Kier molecular flexibility index (Phi) is 6.44. The quantitative estimate of drug-likeness (QED) is 0.601. The largest absolute Gasteiger partial charge is 0.330 e. The molecule has 0 atom stereocenters. The number of amides is 2. The van der Waals surface area contributed by atoms with Crippen molar-refractivity contribution in [3.05, 3.63) is 59.8 Å². The maximum Gasteiger partial charge on any atom is 0.254 e. The first-order valence-corrected chi connectivity index (χ1v) is 11.1. The topological polar surface area (TPSA) is 67.2 Å². The van der Waals surface area contributed by atoms with Gasteiger partial charge < -0.3 is 10.2 Å². The lowest BCUT2D eigenvalue weighted by Crippen LogP contribution is -2.38. The van der Waals surface area contributed by atoms with Crippen LogP contribution in [0.5, 0.6) is 0 Å². The number of benzene rings is 2. The first-order valence-electron chi connectivity index (χ1n) is 11.1. The third-order valence-corrected chi connectivity index (χ3v) is 5.38. The van der Waals surface area contributed by atoms with Gasteiger partial charge in [-0.25, -0.2) is 4.68 Å². The smallest absolute Gasteiger partial charge is 0.254 e. The summed E-state index contributed by atoms with van der Waals surface area (Å²) in [4.78, 5) is 27.6. The molecule has 32 heavy (non-hydrogen) atoms. The number of nitrogens with zero attached hydrogens (tertiary/aromatic N) is 3. The number of rotatable bonds is 5. The van der Waals surface area contributed by atoms with Crippen LogP contribution in [-0.2, 0) is 15.7 Å². The Labute approximate surface area is 190 Å². The summed E-state index contributed by atoms with van der Waals surface area (Å²) < 4.78 is 1.84. The maximum absolute atomic E-state index is 13.1. The molecule has 1 aromatic heterocycles. The molecular formula is C26H34N4O2. The zero-order valence-corrected chi connectivity index (χ0v) is 20.2. The summed E-state index contributed by atoms with van der Waals surface area (Å²) in [5.41, 5.74) is 1.05. The standard InChI is InChI=1S/C26H34N4O2/c1-8-29(24(32)20-14-13-18-11-9-10-12-19(18)15-20)17-23(31)27-22-16-21(25(2,3)4)28-30(22)26(5,6)7/h9-16H,8,17H2,1-7H3,(H,27,31). The number of carbonyl (C=O) groups excluding carboxylic acids is 2. The van der Waals surface area contributed by atoms with Crippen molar-refractivity contribution in [3.8, 4) is 0 Å². The van der Waals surface area contributed by atoms with Gasteiger partial charge in [0.05, 0.1) is 11.2 Å². The summed E-state index contributed by atoms with van der Waals surface area (Å²) in [6.07, 6.45) is 0. The Bertz CT molecular complexity index is 1130. The van der Waals surface area contributed by atoms with E-state index in [-0.39, 0.29) is 29.3 Å². The Morgan fingerprint density at radius 1 is 0.969 bits per heavy atom. The fraction of sp³-hybridized carbons (Fsp3) is 0.423. The highest BCUT2D eigenvalue weighted by Gasteiger charge is 2.26. The van der Waals surface area contributed by atoms with Gasteiger partial charge in [-0.15, -0.1) is 0 Å². The molecule has 0 unspecified atom stereocenters. The monoisotopic (exact) mass is 434 g/mol. The molecule has 0 bridgehead atoms. The highest BCUT2D eigenvalue weighted by Crippen LogP contribution is 2.28. The van der Waals surface area contributed by atoms with E-state index in [0.29, 0.717) is 17.9 Å². The third-order valence-electron chi connectivity index (χ3n) is 5.38. The minimum atomic E-state index is -0.294. The summed E-state index contributed by atoms with van der Waals surface area (Å²) in [5, 5.41) is 9.80. The van der Waals surface area contributed by atoms with Crippen molar-refractivity contribution in [2.75, 3.05) is 18.4 Å². The van der Waals surface area contributed by atoms with Gasteiger partial charge in [0.2, 0.25) is 5.91 Å². The van der Waals surface area contributed by atoms with Crippen molar-refractivity contribution in [2.45, 2.75) is 59.4 Å². The minimum absolute atomic E-state index is 0.0255. The van der Waals surface area contributed by atoms with Gasteiger partial charge in [-0.05, 0) is 50.6 Å². The Hall–Kier alpha value is -3.15. The van der Waals surface area contributed by atoms with Crippen molar-refractivity contribution in [2.24, 2.45) is 0 Å². The van der Waals surface area contributed by atoms with Crippen LogP contribution in [0.25, 0.3) is 10.8 Å². The van der Waals surface area contributed by atoms with E-state index in [2.05, 4.69) is 26.1 Å². The number of hydrogen-bond acceptors (Lipinski definition) is 3. The van der Waals surface area contributed by atoms with E-state index in [9.17, 15) is 9.59 Å². The van der Waals surface area contributed by atoms with Crippen LogP contribution in [0, 0.1) is 0 Å². The van der Waals surface area contributed by atoms with Gasteiger partial charge in [0, 0.05) is 23.6 Å². The van der Waals surface area contributed by atoms with Crippen LogP contribution in [0.3, 0.4) is 0 Å². The molecule has 0 saturated heterocycles. The zero-order valence-electron chi connectivity index (χ0n) is 20.2. The zero-order chi connectivity index (χ0) is 23.7. The summed E-state index contributed by atoms with van der Waals surface area (Å²) in [7, 11) is 0. The highest BCUT2D eigenvalue weighted by atomic mass is 16.2. The lowest BCUT2D eigenvalue weighted by atomic mass is 9.92. The predicted octanol–water partition coefficient (Wildman–Crippen LogP) is 5.19. The number of fused-ring (bicyclic) bond motifs is 1. The Balaban J connectivity index is 1.79. The second-order valence-corrected chi connectivity index (χ2v) is 10.2. The molecule has 0 fully saturated rings. The predicted molar refractivity (Wildman–Crippen MR) is 130 cm³/mol. The summed E-state index contributed by atoms with van der Waals surface area (Å²) in [5.74, 6) is 0.238. The molecule has 0 saturated carbocycles. The van der Waals surface area contributed by atoms with Crippen LogP contribution in [-0.4, -0.2) is 39.6 Å². The van der Waals surface area contributed by atoms with E-state index < -0.39 is 0 Å². The average molecular weight is 435 g/mol. The summed E-state index contributed by atoms with van der Waals surface area (Å²) >= 11 is 0. The lowest BCUT2D eigenvalue weighted by Gasteiger charge is -2.24. The van der Waals surface area contributed by atoms with Crippen LogP contribution in [0.4, 0.5) is 5.82 Å². The molecule has 0 radical (unpaired) electrons. The van der Waals surface area contributed by atoms with Gasteiger partial charge in [0.1, 0.15) is 12.4 Å². The van der Waals surface area contributed by atoms with Crippen molar-refractivity contribution in [1.82, 2.24) is 14.7 Å². The van der Waals surface area contributed by atoms with E-state index >= 15 is 0 Å². The number of hydrogen-bond donors (Lipinski definition) is 1. The van der Waals surface area contributed by atoms with Gasteiger partial charge in [-0.2, -0.15) is 5.10 Å². The van der Waals surface area contributed by atoms with Gasteiger partial charge in [-0.1, -0.05) is 51.1 Å². The lowest BCUT2D eigenvalue weighted by molar-refractivity contribution is -0.116. The molecule has 0 aliphatic rings. The second kappa shape index (κ2) is 8.77. The Morgan fingerprint density at radius 2 is 1.62 bits per heavy atom. The van der Waals surface area contributed by atoms with Crippen LogP contribution in [0.1, 0.15) is 64.5 Å². The number of carbonyl (C=O) groups is 2. The number of aromatic nitrogens is 2. The molecule has 3 rings (SSSR count). The van der Waals surface area contributed by atoms with E-state index in [1.807, 2.05) is 80.9 Å². The fourth-order valence-corrected chi connectivity index (χ4v) is 3.54. The molecule has 2 amide bonds. The third kappa shape index (κ3) is 5.18. The summed E-state index contributed by atoms with van der Waals surface area (Å²) in [6.45, 7) is 14.7. The molecule has 1 N–H and O–H groups in total. The number of likely N-dealkylation sites (N-methyl/N-ethyl adjacent to an activating group) is 1. The Morgan fingerprint density at radius 3 is 2.22 bits per heavy atom. The number of nitrogens with one attached hydrogen (secondary N) is 1. The van der Waals surface area contributed by atoms with Gasteiger partial charge in [0.25, 0.3) is 5.91 Å². The van der Waals surface area contributed by atoms with Crippen molar-refractivity contribution >= 4 is 28.4 Å². The molecule has 6 nitrogen and oxygen atoms in total. The van der Waals surface area contributed by atoms with Crippen LogP contribution in [0.15, 0.2) is 48.5 Å². The minimum Gasteiger partial charge on any atom is -0.330 e. The molecule has 3 aromatic rings. The molecule has 2 aromatic carbocycles. The average Bonchev–Trinajstić information content (AvgIpc) is 3.16. The van der Waals surface area contributed by atoms with Crippen LogP contribution >= 0.6 is 0 Å². The van der Waals surface area contributed by atoms with E-state index in [1.165, 1.54) is 0 Å². The maximum atomic E-state index is 13.1. The molecule has 0 aliphatic carbocycles. The van der Waals surface area contributed by atoms with E-state index in [1.54, 1.807) is 4.90 Å². The van der Waals surface area contributed by atoms with Crippen molar-refractivity contribution in [1.29, 1.82) is 0 Å². The summed E-state index contributed by atoms with van der Waals surface area (Å²) in [6, 6.07) is 15.5. The molecule has 170 valence electrons. The second-order valence-electron chi connectivity index (χ2n) is 10.2. The van der Waals surface area contributed by atoms with Crippen molar-refractivity contribution < 1.29 is 9.59 Å². The first-order chi connectivity index (χ1) is 14.9. The fourth-order valence-electron chi connectivity index (χ4n) is 3.54. The molecular weight excluding hydrogens is 400 g/mol. The van der Waals surface area contributed by atoms with Crippen LogP contribution in [0.2, 0.25) is 0 Å². The normalized spacial score (nSPS) is 12.1. The molecule has 6 heteroatoms. The van der Waals surface area contributed by atoms with Crippen molar-refractivity contribution in [3.63, 3.8) is 0 Å². The van der Waals surface area contributed by atoms with E-state index in [0.717, 1.165) is 16.5 Å². The SMILES string of the molecule is CCN(CC(=O)Nc1cc(C(C)(C)C)nn1C(C)(C)C)C(=O)c1ccc2ccccc2c1. The van der Waals surface area contributed by atoms with Gasteiger partial charge in [-0.3, -0.25) is 9.59 Å². The van der Waals surface area contributed by atoms with Crippen LogP contribution < -0.4 is 5.32 Å². The first kappa shape index (κ1) is 23.5. The number of anilines is 1. The van der Waals surface area contributed by atoms with E-state index in [4.69, 9.17) is 5.10 Å². The molecule has 0 spiro atoms. The molecule has 0 aliphatic heterocycles. The van der Waals surface area contributed by atoms with Gasteiger partial charge in [0.15, 0.2) is 0 Å².